The van der Waals surface area contributed by atoms with Gasteiger partial charge in [0.05, 0.1) is 12.3 Å². The topological polar surface area (TPSA) is 47.6 Å². The highest BCUT2D eigenvalue weighted by Gasteiger charge is 1.98. The molecule has 0 spiro atoms. The normalized spacial score (nSPS) is 11.4. The van der Waals surface area contributed by atoms with E-state index in [1.54, 1.807) is 24.3 Å². The molecule has 2 N–H and O–H groups in total. The zero-order chi connectivity index (χ0) is 15.1. The molecule has 0 fully saturated rings. The molecule has 2 aromatic rings. The van der Waals surface area contributed by atoms with Crippen LogP contribution in [-0.2, 0) is 0 Å². The van der Waals surface area contributed by atoms with Gasteiger partial charge < -0.3 is 10.5 Å². The molecular weight excluding hydrogens is 327 g/mol. The lowest BCUT2D eigenvalue weighted by Crippen LogP contribution is -2.10. The summed E-state index contributed by atoms with van der Waals surface area (Å²) in [5, 5.41) is 1.87. The summed E-state index contributed by atoms with van der Waals surface area (Å²) in [5.41, 5.74) is 6.63. The van der Waals surface area contributed by atoms with Crippen LogP contribution in [0, 0.1) is 0 Å². The monoisotopic (exact) mass is 340 g/mol. The van der Waals surface area contributed by atoms with Crippen molar-refractivity contribution in [3.63, 3.8) is 0 Å². The van der Waals surface area contributed by atoms with E-state index in [9.17, 15) is 0 Å². The van der Waals surface area contributed by atoms with E-state index in [-0.39, 0.29) is 0 Å². The van der Waals surface area contributed by atoms with E-state index in [4.69, 9.17) is 33.7 Å². The fourth-order valence-corrected chi connectivity index (χ4v) is 2.31. The Morgan fingerprint density at radius 2 is 1.57 bits per heavy atom. The SMILES string of the molecule is NC(=Nc1ccc(Cl)cc1)SCCOc1ccc(Cl)cc1. The Morgan fingerprint density at radius 3 is 2.19 bits per heavy atom. The van der Waals surface area contributed by atoms with Gasteiger partial charge in [0.15, 0.2) is 5.17 Å². The Hall–Kier alpha value is -1.36. The fourth-order valence-electron chi connectivity index (χ4n) is 1.51. The molecule has 0 saturated heterocycles. The number of hydrogen-bond acceptors (Lipinski definition) is 3. The molecule has 0 aliphatic heterocycles. The van der Waals surface area contributed by atoms with Gasteiger partial charge in [0.2, 0.25) is 0 Å². The van der Waals surface area contributed by atoms with Crippen molar-refractivity contribution in [3.05, 3.63) is 58.6 Å². The van der Waals surface area contributed by atoms with E-state index in [0.717, 1.165) is 11.4 Å². The molecule has 2 aromatic carbocycles. The molecule has 0 amide bonds. The maximum Gasteiger partial charge on any atom is 0.159 e. The Kier molecular flexibility index (Phi) is 6.23. The minimum absolute atomic E-state index is 0.497. The summed E-state index contributed by atoms with van der Waals surface area (Å²) in [6, 6.07) is 14.4. The number of rotatable bonds is 5. The summed E-state index contributed by atoms with van der Waals surface area (Å²) in [6.45, 7) is 0.545. The lowest BCUT2D eigenvalue weighted by molar-refractivity contribution is 0.344. The molecule has 6 heteroatoms. The maximum absolute atomic E-state index is 5.85. The molecule has 0 unspecified atom stereocenters. The van der Waals surface area contributed by atoms with Crippen LogP contribution in [-0.4, -0.2) is 17.5 Å². The molecule has 0 saturated carbocycles. The Bertz CT molecular complexity index is 600. The zero-order valence-corrected chi connectivity index (χ0v) is 13.5. The van der Waals surface area contributed by atoms with Gasteiger partial charge in [-0.05, 0) is 48.5 Å². The fraction of sp³-hybridized carbons (Fsp3) is 0.133. The van der Waals surface area contributed by atoms with Crippen LogP contribution in [0.5, 0.6) is 5.75 Å². The number of amidine groups is 1. The first-order chi connectivity index (χ1) is 10.1. The summed E-state index contributed by atoms with van der Waals surface area (Å²) >= 11 is 13.1. The highest BCUT2D eigenvalue weighted by molar-refractivity contribution is 8.13. The summed E-state index contributed by atoms with van der Waals surface area (Å²) in [5.74, 6) is 1.50. The molecule has 2 rings (SSSR count). The third-order valence-electron chi connectivity index (χ3n) is 2.48. The lowest BCUT2D eigenvalue weighted by Gasteiger charge is -2.05. The van der Waals surface area contributed by atoms with Gasteiger partial charge in [0, 0.05) is 15.8 Å². The van der Waals surface area contributed by atoms with Gasteiger partial charge in [-0.15, -0.1) is 0 Å². The van der Waals surface area contributed by atoms with Crippen molar-refractivity contribution in [1.82, 2.24) is 0 Å². The van der Waals surface area contributed by atoms with E-state index in [1.807, 2.05) is 24.3 Å². The Morgan fingerprint density at radius 1 is 1.00 bits per heavy atom. The first kappa shape index (κ1) is 16.0. The van der Waals surface area contributed by atoms with E-state index >= 15 is 0 Å². The molecule has 0 aromatic heterocycles. The second-order valence-electron chi connectivity index (χ2n) is 4.08. The first-order valence-corrected chi connectivity index (χ1v) is 7.98. The van der Waals surface area contributed by atoms with Gasteiger partial charge in [-0.25, -0.2) is 4.99 Å². The van der Waals surface area contributed by atoms with Gasteiger partial charge in [-0.3, -0.25) is 0 Å². The van der Waals surface area contributed by atoms with Crippen molar-refractivity contribution >= 4 is 45.8 Å². The molecule has 0 heterocycles. The van der Waals surface area contributed by atoms with Crippen molar-refractivity contribution in [1.29, 1.82) is 0 Å². The number of halogens is 2. The van der Waals surface area contributed by atoms with Crippen LogP contribution < -0.4 is 10.5 Å². The number of thioether (sulfide) groups is 1. The number of nitrogens with zero attached hydrogens (tertiary/aromatic N) is 1. The molecule has 0 radical (unpaired) electrons. The molecule has 0 aliphatic carbocycles. The summed E-state index contributed by atoms with van der Waals surface area (Å²) < 4.78 is 5.57. The van der Waals surface area contributed by atoms with E-state index in [0.29, 0.717) is 27.6 Å². The molecule has 110 valence electrons. The van der Waals surface area contributed by atoms with Crippen LogP contribution in [0.2, 0.25) is 10.0 Å². The van der Waals surface area contributed by atoms with Crippen molar-refractivity contribution in [2.45, 2.75) is 0 Å². The van der Waals surface area contributed by atoms with Crippen molar-refractivity contribution < 1.29 is 4.74 Å². The summed E-state index contributed by atoms with van der Waals surface area (Å²) in [7, 11) is 0. The van der Waals surface area contributed by atoms with Crippen molar-refractivity contribution in [2.24, 2.45) is 10.7 Å². The van der Waals surface area contributed by atoms with Gasteiger partial charge in [0.25, 0.3) is 0 Å². The average Bonchev–Trinajstić information content (AvgIpc) is 2.48. The summed E-state index contributed by atoms with van der Waals surface area (Å²) in [6.07, 6.45) is 0. The van der Waals surface area contributed by atoms with Gasteiger partial charge in [-0.1, -0.05) is 35.0 Å². The third-order valence-corrected chi connectivity index (χ3v) is 3.74. The van der Waals surface area contributed by atoms with Crippen LogP contribution in [0.15, 0.2) is 53.5 Å². The Balaban J connectivity index is 1.75. The van der Waals surface area contributed by atoms with Crippen LogP contribution in [0.25, 0.3) is 0 Å². The number of hydrogen-bond donors (Lipinski definition) is 1. The molecule has 21 heavy (non-hydrogen) atoms. The van der Waals surface area contributed by atoms with E-state index < -0.39 is 0 Å². The molecule has 0 atom stereocenters. The van der Waals surface area contributed by atoms with Crippen LogP contribution in [0.3, 0.4) is 0 Å². The first-order valence-electron chi connectivity index (χ1n) is 6.24. The minimum atomic E-state index is 0.497. The largest absolute Gasteiger partial charge is 0.493 e. The third kappa shape index (κ3) is 5.87. The maximum atomic E-state index is 5.85. The van der Waals surface area contributed by atoms with Gasteiger partial charge in [0.1, 0.15) is 5.75 Å². The molecule has 0 aliphatic rings. The van der Waals surface area contributed by atoms with E-state index in [2.05, 4.69) is 4.99 Å². The molecule has 3 nitrogen and oxygen atoms in total. The minimum Gasteiger partial charge on any atom is -0.493 e. The molecule has 0 bridgehead atoms. The smallest absolute Gasteiger partial charge is 0.159 e. The predicted molar refractivity (Wildman–Crippen MR) is 92.1 cm³/mol. The van der Waals surface area contributed by atoms with E-state index in [1.165, 1.54) is 11.8 Å². The number of ether oxygens (including phenoxy) is 1. The quantitative estimate of drug-likeness (QED) is 0.485. The average molecular weight is 341 g/mol. The highest BCUT2D eigenvalue weighted by Crippen LogP contribution is 2.18. The molecular formula is C15H14Cl2N2OS. The van der Waals surface area contributed by atoms with Crippen LogP contribution in [0.1, 0.15) is 0 Å². The second-order valence-corrected chi connectivity index (χ2v) is 6.07. The van der Waals surface area contributed by atoms with Crippen LogP contribution in [0.4, 0.5) is 5.69 Å². The number of nitrogens with two attached hydrogens (primary N) is 1. The van der Waals surface area contributed by atoms with Gasteiger partial charge >= 0.3 is 0 Å². The lowest BCUT2D eigenvalue weighted by atomic mass is 10.3. The summed E-state index contributed by atoms with van der Waals surface area (Å²) in [4.78, 5) is 4.28. The van der Waals surface area contributed by atoms with Gasteiger partial charge in [-0.2, -0.15) is 0 Å². The Labute approximate surface area is 138 Å². The number of benzene rings is 2. The zero-order valence-electron chi connectivity index (χ0n) is 11.1. The standard InChI is InChI=1S/C15H14Cl2N2OS/c16-11-1-5-13(6-2-11)19-15(18)21-10-9-20-14-7-3-12(17)4-8-14/h1-8H,9-10H2,(H2,18,19). The van der Waals surface area contributed by atoms with Crippen molar-refractivity contribution in [3.8, 4) is 5.75 Å². The van der Waals surface area contributed by atoms with Crippen LogP contribution >= 0.6 is 35.0 Å². The number of aliphatic imine (C=N–C) groups is 1. The van der Waals surface area contributed by atoms with Crippen molar-refractivity contribution in [2.75, 3.05) is 12.4 Å². The predicted octanol–water partition coefficient (Wildman–Crippen LogP) is 4.75. The second kappa shape index (κ2) is 8.17. The highest BCUT2D eigenvalue weighted by atomic mass is 35.5.